The Morgan fingerprint density at radius 1 is 0.935 bits per heavy atom. The second kappa shape index (κ2) is 9.66. The Morgan fingerprint density at radius 3 is 2.26 bits per heavy atom. The maximum atomic E-state index is 13.5. The zero-order valence-corrected chi connectivity index (χ0v) is 18.6. The number of para-hydroxylation sites is 1. The molecule has 3 rings (SSSR count). The van der Waals surface area contributed by atoms with Crippen LogP contribution in [0, 0.1) is 13.8 Å². The van der Waals surface area contributed by atoms with Gasteiger partial charge in [0.05, 0.1) is 17.7 Å². The molecule has 0 bridgehead atoms. The first-order valence-electron chi connectivity index (χ1n) is 9.86. The molecule has 3 aromatic carbocycles. The van der Waals surface area contributed by atoms with E-state index in [1.807, 2.05) is 31.2 Å². The van der Waals surface area contributed by atoms with E-state index in [-0.39, 0.29) is 17.3 Å². The maximum Gasteiger partial charge on any atom is 0.264 e. The van der Waals surface area contributed by atoms with Crippen molar-refractivity contribution in [1.29, 1.82) is 0 Å². The van der Waals surface area contributed by atoms with Gasteiger partial charge in [0, 0.05) is 6.54 Å². The summed E-state index contributed by atoms with van der Waals surface area (Å²) in [5.41, 5.74) is 3.15. The average Bonchev–Trinajstić information content (AvgIpc) is 2.77. The number of nitrogens with one attached hydrogen (secondary N) is 1. The van der Waals surface area contributed by atoms with Gasteiger partial charge in [0.15, 0.2) is 0 Å². The van der Waals surface area contributed by atoms with Gasteiger partial charge in [0.2, 0.25) is 5.91 Å². The number of rotatable bonds is 8. The average molecular weight is 439 g/mol. The molecule has 0 heterocycles. The minimum absolute atomic E-state index is 0.0985. The molecule has 0 aliphatic carbocycles. The minimum Gasteiger partial charge on any atom is -0.496 e. The molecule has 0 aliphatic heterocycles. The Bertz CT molecular complexity index is 1160. The van der Waals surface area contributed by atoms with E-state index in [0.717, 1.165) is 15.4 Å². The molecule has 0 atom stereocenters. The number of nitrogens with zero attached hydrogens (tertiary/aromatic N) is 1. The van der Waals surface area contributed by atoms with Crippen LogP contribution in [-0.4, -0.2) is 28.0 Å². The normalized spacial score (nSPS) is 11.1. The second-order valence-corrected chi connectivity index (χ2v) is 9.04. The van der Waals surface area contributed by atoms with Gasteiger partial charge in [-0.15, -0.1) is 0 Å². The number of hydrogen-bond acceptors (Lipinski definition) is 4. The van der Waals surface area contributed by atoms with Crippen molar-refractivity contribution >= 4 is 21.6 Å². The molecular weight excluding hydrogens is 412 g/mol. The van der Waals surface area contributed by atoms with E-state index < -0.39 is 10.0 Å². The van der Waals surface area contributed by atoms with Crippen molar-refractivity contribution in [2.45, 2.75) is 25.3 Å². The first kappa shape index (κ1) is 22.4. The van der Waals surface area contributed by atoms with Gasteiger partial charge in [-0.25, -0.2) is 8.42 Å². The van der Waals surface area contributed by atoms with Crippen LogP contribution >= 0.6 is 0 Å². The predicted molar refractivity (Wildman–Crippen MR) is 122 cm³/mol. The third-order valence-electron chi connectivity index (χ3n) is 5.02. The zero-order valence-electron chi connectivity index (χ0n) is 17.8. The first-order chi connectivity index (χ1) is 14.8. The second-order valence-electron chi connectivity index (χ2n) is 7.18. The monoisotopic (exact) mass is 438 g/mol. The SMILES string of the molecule is COc1ccc(S(=O)(=O)N(CC(=O)NCc2ccccc2C)c2ccccc2)cc1C. The lowest BCUT2D eigenvalue weighted by Crippen LogP contribution is -2.40. The number of carbonyl (C=O) groups is 1. The van der Waals surface area contributed by atoms with Gasteiger partial charge >= 0.3 is 0 Å². The smallest absolute Gasteiger partial charge is 0.264 e. The Kier molecular flexibility index (Phi) is 6.97. The summed E-state index contributed by atoms with van der Waals surface area (Å²) in [4.78, 5) is 12.8. The number of aryl methyl sites for hydroxylation is 2. The molecule has 0 aromatic heterocycles. The van der Waals surface area contributed by atoms with E-state index in [9.17, 15) is 13.2 Å². The maximum absolute atomic E-state index is 13.5. The van der Waals surface area contributed by atoms with Crippen molar-refractivity contribution in [3.63, 3.8) is 0 Å². The molecule has 0 saturated carbocycles. The molecule has 0 fully saturated rings. The summed E-state index contributed by atoms with van der Waals surface area (Å²) < 4.78 is 33.3. The fourth-order valence-corrected chi connectivity index (χ4v) is 4.74. The molecule has 1 N–H and O–H groups in total. The molecule has 3 aromatic rings. The molecule has 0 saturated heterocycles. The third-order valence-corrected chi connectivity index (χ3v) is 6.79. The van der Waals surface area contributed by atoms with Crippen LogP contribution in [0.15, 0.2) is 77.7 Å². The van der Waals surface area contributed by atoms with Crippen molar-refractivity contribution in [2.24, 2.45) is 0 Å². The summed E-state index contributed by atoms with van der Waals surface area (Å²) >= 11 is 0. The number of carbonyl (C=O) groups excluding carboxylic acids is 1. The highest BCUT2D eigenvalue weighted by Gasteiger charge is 2.27. The van der Waals surface area contributed by atoms with Crippen LogP contribution in [0.2, 0.25) is 0 Å². The molecule has 162 valence electrons. The molecule has 0 unspecified atom stereocenters. The zero-order chi connectivity index (χ0) is 22.4. The van der Waals surface area contributed by atoms with Gasteiger partial charge < -0.3 is 10.1 Å². The van der Waals surface area contributed by atoms with Crippen LogP contribution in [-0.2, 0) is 21.4 Å². The van der Waals surface area contributed by atoms with E-state index in [4.69, 9.17) is 4.74 Å². The number of ether oxygens (including phenoxy) is 1. The lowest BCUT2D eigenvalue weighted by molar-refractivity contribution is -0.119. The first-order valence-corrected chi connectivity index (χ1v) is 11.3. The Morgan fingerprint density at radius 2 is 1.61 bits per heavy atom. The quantitative estimate of drug-likeness (QED) is 0.580. The summed E-state index contributed by atoms with van der Waals surface area (Å²) in [5.74, 6) is 0.210. The van der Waals surface area contributed by atoms with Gasteiger partial charge in [-0.1, -0.05) is 42.5 Å². The van der Waals surface area contributed by atoms with Crippen molar-refractivity contribution in [1.82, 2.24) is 5.32 Å². The van der Waals surface area contributed by atoms with Crippen LogP contribution in [0.25, 0.3) is 0 Å². The molecule has 1 amide bonds. The van der Waals surface area contributed by atoms with Crippen molar-refractivity contribution in [3.8, 4) is 5.75 Å². The Labute approximate surface area is 183 Å². The Balaban J connectivity index is 1.87. The molecule has 0 radical (unpaired) electrons. The lowest BCUT2D eigenvalue weighted by atomic mass is 10.1. The van der Waals surface area contributed by atoms with Crippen LogP contribution in [0.4, 0.5) is 5.69 Å². The fourth-order valence-electron chi connectivity index (χ4n) is 3.24. The van der Waals surface area contributed by atoms with E-state index in [0.29, 0.717) is 23.5 Å². The van der Waals surface area contributed by atoms with E-state index in [1.165, 1.54) is 13.2 Å². The number of amides is 1. The highest BCUT2D eigenvalue weighted by atomic mass is 32.2. The van der Waals surface area contributed by atoms with Gasteiger partial charge in [-0.2, -0.15) is 0 Å². The highest BCUT2D eigenvalue weighted by Crippen LogP contribution is 2.27. The highest BCUT2D eigenvalue weighted by molar-refractivity contribution is 7.92. The fraction of sp³-hybridized carbons (Fsp3) is 0.208. The predicted octanol–water partition coefficient (Wildman–Crippen LogP) is 3.82. The minimum atomic E-state index is -3.97. The number of anilines is 1. The lowest BCUT2D eigenvalue weighted by Gasteiger charge is -2.24. The number of hydrogen-bond donors (Lipinski definition) is 1. The van der Waals surface area contributed by atoms with Crippen LogP contribution in [0.3, 0.4) is 0 Å². The number of sulfonamides is 1. The third kappa shape index (κ3) is 5.24. The van der Waals surface area contributed by atoms with E-state index in [1.54, 1.807) is 49.4 Å². The molecule has 31 heavy (non-hydrogen) atoms. The summed E-state index contributed by atoms with van der Waals surface area (Å²) in [7, 11) is -2.44. The Hall–Kier alpha value is -3.32. The van der Waals surface area contributed by atoms with Crippen LogP contribution in [0.1, 0.15) is 16.7 Å². The van der Waals surface area contributed by atoms with Crippen molar-refractivity contribution in [2.75, 3.05) is 18.0 Å². The summed E-state index contributed by atoms with van der Waals surface area (Å²) in [6.45, 7) is 3.74. The van der Waals surface area contributed by atoms with Gasteiger partial charge in [0.1, 0.15) is 12.3 Å². The molecule has 7 heteroatoms. The molecule has 6 nitrogen and oxygen atoms in total. The molecule has 0 spiro atoms. The van der Waals surface area contributed by atoms with Gasteiger partial charge in [0.25, 0.3) is 10.0 Å². The molecular formula is C24H26N2O4S. The number of benzene rings is 3. The van der Waals surface area contributed by atoms with Crippen LogP contribution < -0.4 is 14.4 Å². The summed E-state index contributed by atoms with van der Waals surface area (Å²) in [5, 5.41) is 2.83. The van der Waals surface area contributed by atoms with Crippen molar-refractivity contribution < 1.29 is 17.9 Å². The van der Waals surface area contributed by atoms with Gasteiger partial charge in [-0.05, 0) is 60.9 Å². The van der Waals surface area contributed by atoms with Crippen LogP contribution in [0.5, 0.6) is 5.75 Å². The summed E-state index contributed by atoms with van der Waals surface area (Å²) in [6, 6.07) is 21.0. The van der Waals surface area contributed by atoms with Crippen molar-refractivity contribution in [3.05, 3.63) is 89.5 Å². The van der Waals surface area contributed by atoms with E-state index >= 15 is 0 Å². The molecule has 0 aliphatic rings. The largest absolute Gasteiger partial charge is 0.496 e. The number of methoxy groups -OCH3 is 1. The van der Waals surface area contributed by atoms with Gasteiger partial charge in [-0.3, -0.25) is 9.10 Å². The van der Waals surface area contributed by atoms with E-state index in [2.05, 4.69) is 5.32 Å². The summed E-state index contributed by atoms with van der Waals surface area (Å²) in [6.07, 6.45) is 0. The topological polar surface area (TPSA) is 75.7 Å². The standard InChI is InChI=1S/C24H26N2O4S/c1-18-9-7-8-10-20(18)16-25-24(27)17-26(21-11-5-4-6-12-21)31(28,29)22-13-14-23(30-3)19(2)15-22/h4-15H,16-17H2,1-3H3,(H,25,27).